The molecule has 0 bridgehead atoms. The number of sulfonamides is 1. The standard InChI is InChI=1S/C19H22N4O5S/c1-5-20-18(24)14-11-13(7-9-17(14)28-4)29(26,27)21-12-6-8-15-16(10-12)23(3)19(25)22(15)2/h6-11,21H,5H2,1-4H3,(H,20,24). The number of aromatic nitrogens is 2. The van der Waals surface area contributed by atoms with Gasteiger partial charge in [0.05, 0.1) is 34.3 Å². The molecule has 0 atom stereocenters. The van der Waals surface area contributed by atoms with E-state index in [0.717, 1.165) is 0 Å². The Balaban J connectivity index is 2.00. The number of carbonyl (C=O) groups is 1. The summed E-state index contributed by atoms with van der Waals surface area (Å²) in [6.45, 7) is 2.16. The predicted octanol–water partition coefficient (Wildman–Crippen LogP) is 1.44. The third kappa shape index (κ3) is 3.70. The molecule has 0 unspecified atom stereocenters. The average Bonchev–Trinajstić information content (AvgIpc) is 2.91. The number of ether oxygens (including phenoxy) is 1. The Hall–Kier alpha value is -3.27. The van der Waals surface area contributed by atoms with Gasteiger partial charge in [-0.1, -0.05) is 0 Å². The average molecular weight is 418 g/mol. The maximum Gasteiger partial charge on any atom is 0.328 e. The smallest absolute Gasteiger partial charge is 0.328 e. The van der Waals surface area contributed by atoms with Crippen molar-refractivity contribution in [1.82, 2.24) is 14.5 Å². The lowest BCUT2D eigenvalue weighted by atomic mass is 10.2. The molecule has 0 aliphatic heterocycles. The van der Waals surface area contributed by atoms with E-state index < -0.39 is 15.9 Å². The Morgan fingerprint density at radius 1 is 1.07 bits per heavy atom. The number of rotatable bonds is 6. The Morgan fingerprint density at radius 2 is 1.76 bits per heavy atom. The van der Waals surface area contributed by atoms with Crippen LogP contribution in [0.5, 0.6) is 5.75 Å². The van der Waals surface area contributed by atoms with Gasteiger partial charge in [0.25, 0.3) is 15.9 Å². The van der Waals surface area contributed by atoms with Gasteiger partial charge >= 0.3 is 5.69 Å². The molecule has 29 heavy (non-hydrogen) atoms. The van der Waals surface area contributed by atoms with Crippen molar-refractivity contribution in [1.29, 1.82) is 0 Å². The second-order valence-corrected chi connectivity index (χ2v) is 8.11. The lowest BCUT2D eigenvalue weighted by Gasteiger charge is -2.12. The molecule has 1 amide bonds. The zero-order valence-electron chi connectivity index (χ0n) is 16.5. The topological polar surface area (TPSA) is 111 Å². The summed E-state index contributed by atoms with van der Waals surface area (Å²) in [4.78, 5) is 24.2. The number of hydrogen-bond donors (Lipinski definition) is 2. The van der Waals surface area contributed by atoms with Gasteiger partial charge in [-0.05, 0) is 43.3 Å². The van der Waals surface area contributed by atoms with Gasteiger partial charge < -0.3 is 10.1 Å². The van der Waals surface area contributed by atoms with Crippen molar-refractivity contribution in [2.45, 2.75) is 11.8 Å². The minimum absolute atomic E-state index is 0.0819. The van der Waals surface area contributed by atoms with Crippen LogP contribution in [0.15, 0.2) is 46.1 Å². The molecule has 1 aromatic heterocycles. The van der Waals surface area contributed by atoms with Crippen LogP contribution in [0.3, 0.4) is 0 Å². The molecular weight excluding hydrogens is 396 g/mol. The third-order valence-electron chi connectivity index (χ3n) is 4.59. The molecule has 0 fully saturated rings. The maximum atomic E-state index is 12.9. The van der Waals surface area contributed by atoms with E-state index in [1.807, 2.05) is 0 Å². The molecule has 9 nitrogen and oxygen atoms in total. The van der Waals surface area contributed by atoms with Crippen LogP contribution >= 0.6 is 0 Å². The summed E-state index contributed by atoms with van der Waals surface area (Å²) in [7, 11) is 0.696. The van der Waals surface area contributed by atoms with Crippen molar-refractivity contribution in [2.75, 3.05) is 18.4 Å². The van der Waals surface area contributed by atoms with Crippen molar-refractivity contribution < 1.29 is 17.9 Å². The van der Waals surface area contributed by atoms with Crippen LogP contribution in [-0.4, -0.2) is 37.1 Å². The van der Waals surface area contributed by atoms with Crippen LogP contribution in [0.25, 0.3) is 11.0 Å². The number of methoxy groups -OCH3 is 1. The van der Waals surface area contributed by atoms with Crippen molar-refractivity contribution >= 4 is 32.7 Å². The number of nitrogens with one attached hydrogen (secondary N) is 2. The fourth-order valence-electron chi connectivity index (χ4n) is 3.07. The number of amides is 1. The largest absolute Gasteiger partial charge is 0.496 e. The van der Waals surface area contributed by atoms with Gasteiger partial charge in [0.15, 0.2) is 0 Å². The number of carbonyl (C=O) groups excluding carboxylic acids is 1. The molecule has 154 valence electrons. The zero-order valence-corrected chi connectivity index (χ0v) is 17.3. The number of aryl methyl sites for hydroxylation is 2. The van der Waals surface area contributed by atoms with Crippen molar-refractivity contribution in [3.8, 4) is 5.75 Å². The number of fused-ring (bicyclic) bond motifs is 1. The quantitative estimate of drug-likeness (QED) is 0.629. The molecule has 3 aromatic rings. The lowest BCUT2D eigenvalue weighted by Crippen LogP contribution is -2.24. The molecule has 10 heteroatoms. The van der Waals surface area contributed by atoms with Crippen LogP contribution in [0.1, 0.15) is 17.3 Å². The van der Waals surface area contributed by atoms with E-state index >= 15 is 0 Å². The van der Waals surface area contributed by atoms with E-state index in [1.54, 1.807) is 39.2 Å². The summed E-state index contributed by atoms with van der Waals surface area (Å²) in [5.74, 6) is -0.155. The van der Waals surface area contributed by atoms with Crippen LogP contribution in [-0.2, 0) is 24.1 Å². The van der Waals surface area contributed by atoms with Gasteiger partial charge in [-0.25, -0.2) is 13.2 Å². The highest BCUT2D eigenvalue weighted by molar-refractivity contribution is 7.92. The second-order valence-electron chi connectivity index (χ2n) is 6.43. The van der Waals surface area contributed by atoms with E-state index in [4.69, 9.17) is 4.74 Å². The molecule has 0 saturated carbocycles. The monoisotopic (exact) mass is 418 g/mol. The Labute approximate surface area is 168 Å². The molecule has 2 aromatic carbocycles. The first kappa shape index (κ1) is 20.5. The van der Waals surface area contributed by atoms with Gasteiger partial charge in [0.1, 0.15) is 5.75 Å². The highest BCUT2D eigenvalue weighted by Crippen LogP contribution is 2.25. The molecule has 1 heterocycles. The first-order chi connectivity index (χ1) is 13.7. The molecule has 0 saturated heterocycles. The minimum atomic E-state index is -3.97. The van der Waals surface area contributed by atoms with Crippen LogP contribution in [0, 0.1) is 0 Å². The van der Waals surface area contributed by atoms with Crippen molar-refractivity contribution in [3.05, 3.63) is 52.4 Å². The van der Waals surface area contributed by atoms with Gasteiger partial charge in [-0.2, -0.15) is 0 Å². The summed E-state index contributed by atoms with van der Waals surface area (Å²) < 4.78 is 36.3. The Morgan fingerprint density at radius 3 is 2.41 bits per heavy atom. The van der Waals surface area contributed by atoms with Gasteiger partial charge in [0.2, 0.25) is 0 Å². The van der Waals surface area contributed by atoms with E-state index in [2.05, 4.69) is 10.0 Å². The van der Waals surface area contributed by atoms with Crippen LogP contribution in [0.4, 0.5) is 5.69 Å². The van der Waals surface area contributed by atoms with Crippen molar-refractivity contribution in [3.63, 3.8) is 0 Å². The summed E-state index contributed by atoms with van der Waals surface area (Å²) in [5, 5.41) is 2.63. The number of hydrogen-bond acceptors (Lipinski definition) is 5. The summed E-state index contributed by atoms with van der Waals surface area (Å²) >= 11 is 0. The van der Waals surface area contributed by atoms with E-state index in [0.29, 0.717) is 23.3 Å². The number of benzene rings is 2. The fourth-order valence-corrected chi connectivity index (χ4v) is 4.15. The lowest BCUT2D eigenvalue weighted by molar-refractivity contribution is 0.0952. The van der Waals surface area contributed by atoms with E-state index in [-0.39, 0.29) is 21.9 Å². The molecule has 0 spiro atoms. The molecular formula is C19H22N4O5S. The predicted molar refractivity (Wildman–Crippen MR) is 110 cm³/mol. The molecule has 3 rings (SSSR count). The first-order valence-electron chi connectivity index (χ1n) is 8.84. The van der Waals surface area contributed by atoms with E-state index in [1.165, 1.54) is 34.4 Å². The Bertz CT molecular complexity index is 1260. The van der Waals surface area contributed by atoms with E-state index in [9.17, 15) is 18.0 Å². The highest BCUT2D eigenvalue weighted by atomic mass is 32.2. The van der Waals surface area contributed by atoms with Crippen LogP contribution in [0.2, 0.25) is 0 Å². The zero-order chi connectivity index (χ0) is 21.3. The number of nitrogens with zero attached hydrogens (tertiary/aromatic N) is 2. The molecule has 0 aliphatic carbocycles. The first-order valence-corrected chi connectivity index (χ1v) is 10.3. The van der Waals surface area contributed by atoms with Gasteiger partial charge in [-0.15, -0.1) is 0 Å². The second kappa shape index (κ2) is 7.63. The van der Waals surface area contributed by atoms with Crippen LogP contribution < -0.4 is 20.5 Å². The summed E-state index contributed by atoms with van der Waals surface area (Å²) in [6, 6.07) is 8.89. The maximum absolute atomic E-state index is 12.9. The highest BCUT2D eigenvalue weighted by Gasteiger charge is 2.20. The normalized spacial score (nSPS) is 11.4. The fraction of sp³-hybridized carbons (Fsp3) is 0.263. The van der Waals surface area contributed by atoms with Gasteiger partial charge in [-0.3, -0.25) is 18.7 Å². The SMILES string of the molecule is CCNC(=O)c1cc(S(=O)(=O)Nc2ccc3c(c2)n(C)c(=O)n3C)ccc1OC. The molecule has 0 aliphatic rings. The minimum Gasteiger partial charge on any atom is -0.496 e. The third-order valence-corrected chi connectivity index (χ3v) is 5.97. The van der Waals surface area contributed by atoms with Crippen molar-refractivity contribution in [2.24, 2.45) is 14.1 Å². The number of anilines is 1. The van der Waals surface area contributed by atoms with Gasteiger partial charge in [0, 0.05) is 20.6 Å². The Kier molecular flexibility index (Phi) is 5.38. The number of imidazole rings is 1. The molecule has 2 N–H and O–H groups in total. The molecule has 0 radical (unpaired) electrons. The summed E-state index contributed by atoms with van der Waals surface area (Å²) in [6.07, 6.45) is 0. The summed E-state index contributed by atoms with van der Waals surface area (Å²) in [5.41, 5.74) is 1.49.